The van der Waals surface area contributed by atoms with Gasteiger partial charge in [0.15, 0.2) is 12.2 Å². The molecule has 1 unspecified atom stereocenters. The molecule has 0 aliphatic rings. The van der Waals surface area contributed by atoms with Crippen molar-refractivity contribution in [3.8, 4) is 0 Å². The number of rotatable bonds is 4. The van der Waals surface area contributed by atoms with Gasteiger partial charge in [-0.3, -0.25) is 4.79 Å². The van der Waals surface area contributed by atoms with E-state index >= 15 is 0 Å². The Bertz CT molecular complexity index is 153. The van der Waals surface area contributed by atoms with Crippen LogP contribution in [0.1, 0.15) is 13.3 Å². The molecule has 0 saturated carbocycles. The summed E-state index contributed by atoms with van der Waals surface area (Å²) in [5, 5.41) is 8.19. The minimum Gasteiger partial charge on any atom is -0.486 e. The van der Waals surface area contributed by atoms with Crippen molar-refractivity contribution < 1.29 is 19.4 Å². The van der Waals surface area contributed by atoms with E-state index in [2.05, 4.69) is 4.74 Å². The molecule has 4 heteroatoms. The average Bonchev–Trinajstić information content (AvgIpc) is 1.82. The van der Waals surface area contributed by atoms with Gasteiger partial charge >= 0.3 is 5.97 Å². The number of hydrogen-bond acceptors (Lipinski definition) is 3. The Balaban J connectivity index is 3.52. The van der Waals surface area contributed by atoms with E-state index in [1.165, 1.54) is 5.94 Å². The Labute approximate surface area is 58.1 Å². The molecular formula is C6H8O4. The van der Waals surface area contributed by atoms with E-state index in [9.17, 15) is 9.59 Å². The molecule has 10 heavy (non-hydrogen) atoms. The molecule has 0 aromatic rings. The van der Waals surface area contributed by atoms with Crippen molar-refractivity contribution in [2.75, 3.05) is 0 Å². The van der Waals surface area contributed by atoms with Gasteiger partial charge in [-0.05, 0) is 6.92 Å². The van der Waals surface area contributed by atoms with Crippen molar-refractivity contribution >= 4 is 11.9 Å². The van der Waals surface area contributed by atoms with Crippen LogP contribution < -0.4 is 0 Å². The normalized spacial score (nSPS) is 11.3. The minimum absolute atomic E-state index is 0.113. The average molecular weight is 144 g/mol. The summed E-state index contributed by atoms with van der Waals surface area (Å²) in [6, 6.07) is 0. The Kier molecular flexibility index (Phi) is 4.00. The number of carbonyl (C=O) groups excluding carboxylic acids is 1. The maximum atomic E-state index is 9.98. The van der Waals surface area contributed by atoms with Crippen molar-refractivity contribution in [2.45, 2.75) is 19.4 Å². The second kappa shape index (κ2) is 4.58. The molecule has 0 fully saturated rings. The van der Waals surface area contributed by atoms with Crippen LogP contribution in [0.4, 0.5) is 0 Å². The van der Waals surface area contributed by atoms with Crippen molar-refractivity contribution in [3.05, 3.63) is 6.26 Å². The predicted octanol–water partition coefficient (Wildman–Crippen LogP) is 0.211. The SMILES string of the molecule is CC(CC(=O)O)OC=C=O. The highest BCUT2D eigenvalue weighted by Gasteiger charge is 2.05. The Hall–Kier alpha value is -1.28. The van der Waals surface area contributed by atoms with E-state index in [0.29, 0.717) is 0 Å². The van der Waals surface area contributed by atoms with E-state index in [0.717, 1.165) is 6.26 Å². The fourth-order valence-corrected chi connectivity index (χ4v) is 0.438. The number of carboxylic acid groups (broad SMARTS) is 1. The summed E-state index contributed by atoms with van der Waals surface area (Å²) in [4.78, 5) is 19.5. The summed E-state index contributed by atoms with van der Waals surface area (Å²) < 4.78 is 4.57. The highest BCUT2D eigenvalue weighted by molar-refractivity contribution is 5.67. The largest absolute Gasteiger partial charge is 0.486 e. The molecule has 1 N–H and O–H groups in total. The molecule has 0 radical (unpaired) electrons. The van der Waals surface area contributed by atoms with Crippen LogP contribution in [0.15, 0.2) is 6.26 Å². The molecule has 0 aliphatic heterocycles. The molecule has 0 amide bonds. The zero-order valence-electron chi connectivity index (χ0n) is 5.53. The summed E-state index contributed by atoms with van der Waals surface area (Å²) in [6.07, 6.45) is 0.227. The summed E-state index contributed by atoms with van der Waals surface area (Å²) in [6.45, 7) is 1.56. The quantitative estimate of drug-likeness (QED) is 0.452. The zero-order chi connectivity index (χ0) is 7.98. The van der Waals surface area contributed by atoms with Crippen LogP contribution in [-0.2, 0) is 14.3 Å². The van der Waals surface area contributed by atoms with Crippen LogP contribution in [0.5, 0.6) is 0 Å². The van der Waals surface area contributed by atoms with Crippen LogP contribution in [0.2, 0.25) is 0 Å². The van der Waals surface area contributed by atoms with Crippen LogP contribution in [0.25, 0.3) is 0 Å². The number of hydrogen-bond donors (Lipinski definition) is 1. The molecule has 0 aromatic carbocycles. The molecule has 1 atom stereocenters. The first kappa shape index (κ1) is 8.72. The van der Waals surface area contributed by atoms with E-state index in [1.54, 1.807) is 6.92 Å². The lowest BCUT2D eigenvalue weighted by molar-refractivity contribution is -0.139. The predicted molar refractivity (Wildman–Crippen MR) is 33.1 cm³/mol. The fourth-order valence-electron chi connectivity index (χ4n) is 0.438. The van der Waals surface area contributed by atoms with Crippen LogP contribution in [0.3, 0.4) is 0 Å². The summed E-state index contributed by atoms with van der Waals surface area (Å²) in [5.41, 5.74) is 0. The second-order valence-electron chi connectivity index (χ2n) is 1.78. The minimum atomic E-state index is -0.952. The Morgan fingerprint density at radius 3 is 2.90 bits per heavy atom. The van der Waals surface area contributed by atoms with Gasteiger partial charge < -0.3 is 9.84 Å². The van der Waals surface area contributed by atoms with E-state index < -0.39 is 12.1 Å². The number of carbonyl (C=O) groups is 1. The second-order valence-corrected chi connectivity index (χ2v) is 1.78. The standard InChI is InChI=1S/C6H8O4/c1-5(4-6(8)9)10-3-2-7/h3,5H,4H2,1H3,(H,8,9). The molecule has 0 saturated heterocycles. The Morgan fingerprint density at radius 1 is 1.90 bits per heavy atom. The highest BCUT2D eigenvalue weighted by Crippen LogP contribution is 1.95. The van der Waals surface area contributed by atoms with E-state index in [4.69, 9.17) is 5.11 Å². The number of ether oxygens (including phenoxy) is 1. The van der Waals surface area contributed by atoms with E-state index in [1.807, 2.05) is 0 Å². The molecule has 0 spiro atoms. The first-order valence-corrected chi connectivity index (χ1v) is 2.73. The van der Waals surface area contributed by atoms with Crippen molar-refractivity contribution in [3.63, 3.8) is 0 Å². The third kappa shape index (κ3) is 4.87. The van der Waals surface area contributed by atoms with Crippen molar-refractivity contribution in [1.29, 1.82) is 0 Å². The molecule has 0 aromatic heterocycles. The van der Waals surface area contributed by atoms with Gasteiger partial charge in [0.2, 0.25) is 0 Å². The smallest absolute Gasteiger partial charge is 0.307 e. The third-order valence-corrected chi connectivity index (χ3v) is 0.811. The summed E-state index contributed by atoms with van der Waals surface area (Å²) >= 11 is 0. The van der Waals surface area contributed by atoms with Gasteiger partial charge in [-0.15, -0.1) is 0 Å². The van der Waals surface area contributed by atoms with Crippen molar-refractivity contribution in [2.24, 2.45) is 0 Å². The fraction of sp³-hybridized carbons (Fsp3) is 0.500. The Morgan fingerprint density at radius 2 is 2.50 bits per heavy atom. The molecule has 4 nitrogen and oxygen atoms in total. The number of carboxylic acids is 1. The summed E-state index contributed by atoms with van der Waals surface area (Å²) in [7, 11) is 0. The van der Waals surface area contributed by atoms with Gasteiger partial charge in [0.25, 0.3) is 0 Å². The van der Waals surface area contributed by atoms with E-state index in [-0.39, 0.29) is 6.42 Å². The van der Waals surface area contributed by atoms with Gasteiger partial charge in [-0.1, -0.05) is 0 Å². The first-order chi connectivity index (χ1) is 4.66. The van der Waals surface area contributed by atoms with Gasteiger partial charge in [0.05, 0.1) is 6.42 Å². The molecule has 56 valence electrons. The van der Waals surface area contributed by atoms with Crippen molar-refractivity contribution in [1.82, 2.24) is 0 Å². The van der Waals surface area contributed by atoms with Crippen LogP contribution in [-0.4, -0.2) is 23.1 Å². The summed E-state index contributed by atoms with van der Waals surface area (Å²) in [5.74, 6) is 0.430. The first-order valence-electron chi connectivity index (χ1n) is 2.73. The molecule has 0 bridgehead atoms. The van der Waals surface area contributed by atoms with Gasteiger partial charge in [0, 0.05) is 0 Å². The lowest BCUT2D eigenvalue weighted by Gasteiger charge is -2.04. The van der Waals surface area contributed by atoms with Crippen LogP contribution in [0, 0.1) is 0 Å². The zero-order valence-corrected chi connectivity index (χ0v) is 5.53. The van der Waals surface area contributed by atoms with Gasteiger partial charge in [0.1, 0.15) is 6.10 Å². The lowest BCUT2D eigenvalue weighted by atomic mass is 10.3. The third-order valence-electron chi connectivity index (χ3n) is 0.811. The highest BCUT2D eigenvalue weighted by atomic mass is 16.5. The molecule has 0 aliphatic carbocycles. The topological polar surface area (TPSA) is 63.6 Å². The number of aliphatic carboxylic acids is 1. The van der Waals surface area contributed by atoms with Crippen LogP contribution >= 0.6 is 0 Å². The maximum absolute atomic E-state index is 9.98. The molecule has 0 heterocycles. The van der Waals surface area contributed by atoms with Gasteiger partial charge in [-0.25, -0.2) is 4.79 Å². The monoisotopic (exact) mass is 144 g/mol. The maximum Gasteiger partial charge on any atom is 0.307 e. The molecular weight excluding hydrogens is 136 g/mol. The van der Waals surface area contributed by atoms with Gasteiger partial charge in [-0.2, -0.15) is 0 Å². The molecule has 0 rings (SSSR count). The lowest BCUT2D eigenvalue weighted by Crippen LogP contribution is -2.10.